The van der Waals surface area contributed by atoms with Crippen molar-refractivity contribution in [2.24, 2.45) is 0 Å². The number of benzene rings is 1. The summed E-state index contributed by atoms with van der Waals surface area (Å²) in [5.74, 6) is -0.0398. The van der Waals surface area contributed by atoms with Crippen LogP contribution < -0.4 is 0 Å². The zero-order valence-electron chi connectivity index (χ0n) is 11.0. The van der Waals surface area contributed by atoms with Crippen molar-refractivity contribution in [1.29, 1.82) is 0 Å². The molecule has 1 aromatic carbocycles. The maximum atomic E-state index is 11.7. The minimum Gasteiger partial charge on any atom is -0.462 e. The van der Waals surface area contributed by atoms with Crippen molar-refractivity contribution in [2.75, 3.05) is 6.61 Å². The molecule has 0 aliphatic rings. The fourth-order valence-electron chi connectivity index (χ4n) is 1.61. The Morgan fingerprint density at radius 1 is 1.28 bits per heavy atom. The highest BCUT2D eigenvalue weighted by molar-refractivity contribution is 6.19. The summed E-state index contributed by atoms with van der Waals surface area (Å²) in [6.07, 6.45) is 1.84. The topological polar surface area (TPSA) is 43.4 Å². The molecule has 96 valence electrons. The number of hydrogen-bond acceptors (Lipinski definition) is 3. The van der Waals surface area contributed by atoms with E-state index in [1.54, 1.807) is 6.92 Å². The van der Waals surface area contributed by atoms with Crippen LogP contribution in [0.4, 0.5) is 0 Å². The van der Waals surface area contributed by atoms with E-state index < -0.39 is 5.97 Å². The van der Waals surface area contributed by atoms with E-state index in [2.05, 4.69) is 13.8 Å². The third kappa shape index (κ3) is 3.55. The zero-order valence-corrected chi connectivity index (χ0v) is 11.0. The van der Waals surface area contributed by atoms with Crippen molar-refractivity contribution in [3.63, 3.8) is 0 Å². The first kappa shape index (κ1) is 14.2. The van der Waals surface area contributed by atoms with Crippen molar-refractivity contribution in [3.8, 4) is 0 Å². The van der Waals surface area contributed by atoms with Gasteiger partial charge in [-0.3, -0.25) is 4.79 Å². The minimum atomic E-state index is -0.470. The number of esters is 1. The molecule has 0 N–H and O–H groups in total. The summed E-state index contributed by atoms with van der Waals surface area (Å²) in [7, 11) is 0. The van der Waals surface area contributed by atoms with Crippen molar-refractivity contribution >= 4 is 17.8 Å². The molecular weight excluding hydrogens is 228 g/mol. The molecule has 0 unspecified atom stereocenters. The lowest BCUT2D eigenvalue weighted by Gasteiger charge is -2.09. The Labute approximate surface area is 107 Å². The third-order valence-corrected chi connectivity index (χ3v) is 2.62. The summed E-state index contributed by atoms with van der Waals surface area (Å²) in [4.78, 5) is 22.3. The molecule has 0 saturated heterocycles. The maximum absolute atomic E-state index is 11.7. The summed E-state index contributed by atoms with van der Waals surface area (Å²) in [6, 6.07) is 7.58. The number of aldehydes is 1. The normalized spacial score (nSPS) is 11.4. The lowest BCUT2D eigenvalue weighted by molar-refractivity contribution is -0.136. The van der Waals surface area contributed by atoms with Gasteiger partial charge in [0.1, 0.15) is 6.29 Å². The SMILES string of the molecule is CCOC(=O)/C(=C/C=O)c1ccc(C(C)C)cc1. The van der Waals surface area contributed by atoms with Crippen LogP contribution in [0.3, 0.4) is 0 Å². The molecule has 0 heterocycles. The largest absolute Gasteiger partial charge is 0.462 e. The molecule has 0 aliphatic heterocycles. The van der Waals surface area contributed by atoms with Gasteiger partial charge in [0.15, 0.2) is 0 Å². The van der Waals surface area contributed by atoms with Gasteiger partial charge < -0.3 is 4.74 Å². The second kappa shape index (κ2) is 6.74. The lowest BCUT2D eigenvalue weighted by atomic mass is 9.99. The molecule has 0 bridgehead atoms. The number of hydrogen-bond donors (Lipinski definition) is 0. The first-order chi connectivity index (χ1) is 8.60. The Kier molecular flexibility index (Phi) is 5.31. The van der Waals surface area contributed by atoms with Crippen molar-refractivity contribution in [1.82, 2.24) is 0 Å². The van der Waals surface area contributed by atoms with Crippen molar-refractivity contribution < 1.29 is 14.3 Å². The highest BCUT2D eigenvalue weighted by Crippen LogP contribution is 2.20. The number of carbonyl (C=O) groups is 2. The van der Waals surface area contributed by atoms with Crippen LogP contribution in [0.25, 0.3) is 5.57 Å². The summed E-state index contributed by atoms with van der Waals surface area (Å²) in [5, 5.41) is 0. The van der Waals surface area contributed by atoms with Gasteiger partial charge in [0.05, 0.1) is 12.2 Å². The molecule has 0 fully saturated rings. The third-order valence-electron chi connectivity index (χ3n) is 2.62. The first-order valence-corrected chi connectivity index (χ1v) is 6.03. The first-order valence-electron chi connectivity index (χ1n) is 6.03. The summed E-state index contributed by atoms with van der Waals surface area (Å²) in [5.41, 5.74) is 2.18. The van der Waals surface area contributed by atoms with Crippen LogP contribution in [0.2, 0.25) is 0 Å². The minimum absolute atomic E-state index is 0.291. The lowest BCUT2D eigenvalue weighted by Crippen LogP contribution is -2.07. The second-order valence-corrected chi connectivity index (χ2v) is 4.21. The van der Waals surface area contributed by atoms with Gasteiger partial charge in [-0.1, -0.05) is 38.1 Å². The highest BCUT2D eigenvalue weighted by Gasteiger charge is 2.13. The Hall–Kier alpha value is -1.90. The molecule has 3 heteroatoms. The highest BCUT2D eigenvalue weighted by atomic mass is 16.5. The molecule has 3 nitrogen and oxygen atoms in total. The Morgan fingerprint density at radius 3 is 2.33 bits per heavy atom. The molecular formula is C15H18O3. The molecule has 0 spiro atoms. The molecule has 0 atom stereocenters. The monoisotopic (exact) mass is 246 g/mol. The molecule has 0 aliphatic carbocycles. The van der Waals surface area contributed by atoms with Crippen LogP contribution >= 0.6 is 0 Å². The Bertz CT molecular complexity index is 441. The van der Waals surface area contributed by atoms with E-state index in [-0.39, 0.29) is 0 Å². The molecule has 18 heavy (non-hydrogen) atoms. The number of rotatable bonds is 5. The van der Waals surface area contributed by atoms with E-state index in [4.69, 9.17) is 4.74 Å². The Balaban J connectivity index is 3.04. The van der Waals surface area contributed by atoms with Gasteiger partial charge in [-0.05, 0) is 30.0 Å². The van der Waals surface area contributed by atoms with Gasteiger partial charge in [-0.2, -0.15) is 0 Å². The van der Waals surface area contributed by atoms with Gasteiger partial charge in [0.25, 0.3) is 0 Å². The summed E-state index contributed by atoms with van der Waals surface area (Å²) >= 11 is 0. The van der Waals surface area contributed by atoms with E-state index in [1.807, 2.05) is 24.3 Å². The fraction of sp³-hybridized carbons (Fsp3) is 0.333. The number of ether oxygens (including phenoxy) is 1. The average molecular weight is 246 g/mol. The van der Waals surface area contributed by atoms with Crippen LogP contribution in [-0.4, -0.2) is 18.9 Å². The predicted octanol–water partition coefficient (Wildman–Crippen LogP) is 2.96. The van der Waals surface area contributed by atoms with Crippen LogP contribution in [0.5, 0.6) is 0 Å². The van der Waals surface area contributed by atoms with E-state index in [1.165, 1.54) is 11.6 Å². The Morgan fingerprint density at radius 2 is 1.89 bits per heavy atom. The van der Waals surface area contributed by atoms with Crippen molar-refractivity contribution in [3.05, 3.63) is 41.5 Å². The van der Waals surface area contributed by atoms with Crippen LogP contribution in [-0.2, 0) is 14.3 Å². The summed E-state index contributed by atoms with van der Waals surface area (Å²) in [6.45, 7) is 6.22. The number of allylic oxidation sites excluding steroid dienone is 1. The van der Waals surface area contributed by atoms with Gasteiger partial charge in [0.2, 0.25) is 0 Å². The van der Waals surface area contributed by atoms with E-state index in [0.29, 0.717) is 29.9 Å². The molecule has 1 rings (SSSR count). The van der Waals surface area contributed by atoms with Gasteiger partial charge in [0, 0.05) is 0 Å². The van der Waals surface area contributed by atoms with E-state index in [9.17, 15) is 9.59 Å². The maximum Gasteiger partial charge on any atom is 0.338 e. The van der Waals surface area contributed by atoms with Gasteiger partial charge in [-0.25, -0.2) is 4.79 Å². The fourth-order valence-corrected chi connectivity index (χ4v) is 1.61. The molecule has 0 aromatic heterocycles. The quantitative estimate of drug-likeness (QED) is 0.456. The average Bonchev–Trinajstić information content (AvgIpc) is 2.36. The number of carbonyl (C=O) groups excluding carboxylic acids is 2. The zero-order chi connectivity index (χ0) is 13.5. The van der Waals surface area contributed by atoms with Gasteiger partial charge in [-0.15, -0.1) is 0 Å². The summed E-state index contributed by atoms with van der Waals surface area (Å²) < 4.78 is 4.92. The molecule has 0 amide bonds. The second-order valence-electron chi connectivity index (χ2n) is 4.21. The molecule has 1 aromatic rings. The van der Waals surface area contributed by atoms with E-state index in [0.717, 1.165) is 0 Å². The standard InChI is InChI=1S/C15H18O3/c1-4-18-15(17)14(9-10-16)13-7-5-12(6-8-13)11(2)3/h5-11H,4H2,1-3H3/b14-9+. The van der Waals surface area contributed by atoms with Crippen LogP contribution in [0.15, 0.2) is 30.3 Å². The predicted molar refractivity (Wildman–Crippen MR) is 71.2 cm³/mol. The van der Waals surface area contributed by atoms with Crippen LogP contribution in [0.1, 0.15) is 37.8 Å². The van der Waals surface area contributed by atoms with Gasteiger partial charge >= 0.3 is 5.97 Å². The van der Waals surface area contributed by atoms with E-state index >= 15 is 0 Å². The van der Waals surface area contributed by atoms with Crippen LogP contribution in [0, 0.1) is 0 Å². The van der Waals surface area contributed by atoms with Crippen molar-refractivity contribution in [2.45, 2.75) is 26.7 Å². The smallest absolute Gasteiger partial charge is 0.338 e. The molecule has 0 radical (unpaired) electrons. The molecule has 0 saturated carbocycles.